The zero-order chi connectivity index (χ0) is 10.2. The van der Waals surface area contributed by atoms with E-state index in [-0.39, 0.29) is 17.0 Å². The molecule has 0 amide bonds. The van der Waals surface area contributed by atoms with Crippen molar-refractivity contribution in [3.8, 4) is 0 Å². The number of rotatable bonds is 7. The Kier molecular flexibility index (Phi) is 9.81. The van der Waals surface area contributed by atoms with Crippen LogP contribution in [0.25, 0.3) is 0 Å². The molecule has 15 heavy (non-hydrogen) atoms. The summed E-state index contributed by atoms with van der Waals surface area (Å²) in [6.07, 6.45) is 4.07. The topological polar surface area (TPSA) is 18.5 Å². The van der Waals surface area contributed by atoms with Gasteiger partial charge in [0.15, 0.2) is 0 Å². The van der Waals surface area contributed by atoms with Gasteiger partial charge in [-0.05, 0) is 59.5 Å². The number of hydrogen-bond donors (Lipinski definition) is 1. The molecule has 0 atom stereocenters. The van der Waals surface area contributed by atoms with Crippen LogP contribution < -0.4 is 5.32 Å². The normalized spacial score (nSPS) is 17.0. The molecule has 0 aliphatic carbocycles. The third kappa shape index (κ3) is 7.28. The molecule has 1 heterocycles. The van der Waals surface area contributed by atoms with Gasteiger partial charge in [-0.3, -0.25) is 0 Å². The summed E-state index contributed by atoms with van der Waals surface area (Å²) < 4.78 is 0. The highest BCUT2D eigenvalue weighted by atomic mass is 79.9. The average Bonchev–Trinajstić information content (AvgIpc) is 2.68. The van der Waals surface area contributed by atoms with Crippen molar-refractivity contribution in [3.63, 3.8) is 0 Å². The molecule has 0 radical (unpaired) electrons. The third-order valence-corrected chi connectivity index (χ3v) is 2.96. The van der Waals surface area contributed by atoms with E-state index in [1.807, 2.05) is 7.05 Å². The fraction of sp³-hybridized carbons (Fsp3) is 1.00. The van der Waals surface area contributed by atoms with Crippen LogP contribution in [0.15, 0.2) is 0 Å². The summed E-state index contributed by atoms with van der Waals surface area (Å²) in [6.45, 7) is 7.48. The molecule has 4 heteroatoms. The summed E-state index contributed by atoms with van der Waals surface area (Å²) >= 11 is 0. The van der Waals surface area contributed by atoms with Crippen molar-refractivity contribution >= 4 is 17.0 Å². The van der Waals surface area contributed by atoms with Crippen LogP contribution in [-0.4, -0.2) is 63.2 Å². The van der Waals surface area contributed by atoms with Crippen molar-refractivity contribution in [2.45, 2.75) is 19.3 Å². The van der Waals surface area contributed by atoms with E-state index in [2.05, 4.69) is 22.2 Å². The fourth-order valence-corrected chi connectivity index (χ4v) is 1.96. The van der Waals surface area contributed by atoms with Crippen molar-refractivity contribution in [1.29, 1.82) is 0 Å². The molecule has 0 bridgehead atoms. The van der Waals surface area contributed by atoms with E-state index in [1.54, 1.807) is 0 Å². The Morgan fingerprint density at radius 2 is 1.87 bits per heavy atom. The van der Waals surface area contributed by atoms with E-state index < -0.39 is 0 Å². The molecule has 1 fully saturated rings. The Bertz CT molecular complexity index is 138. The minimum Gasteiger partial charge on any atom is -0.320 e. The standard InChI is InChI=1S/C11H25N3.BrH/c1-12-6-5-7-13(2)10-11-14-8-3-4-9-14;/h12H,3-11H2,1-2H3;1H. The zero-order valence-electron chi connectivity index (χ0n) is 10.2. The van der Waals surface area contributed by atoms with Crippen LogP contribution in [0.3, 0.4) is 0 Å². The van der Waals surface area contributed by atoms with Crippen molar-refractivity contribution in [2.75, 3.05) is 53.4 Å². The number of likely N-dealkylation sites (tertiary alicyclic amines) is 1. The second-order valence-electron chi connectivity index (χ2n) is 4.31. The highest BCUT2D eigenvalue weighted by Gasteiger charge is 2.11. The molecule has 0 aromatic carbocycles. The van der Waals surface area contributed by atoms with Crippen LogP contribution in [0.4, 0.5) is 0 Å². The van der Waals surface area contributed by atoms with E-state index in [9.17, 15) is 0 Å². The van der Waals surface area contributed by atoms with Crippen LogP contribution in [0.2, 0.25) is 0 Å². The first-order valence-electron chi connectivity index (χ1n) is 5.88. The maximum Gasteiger partial charge on any atom is 0.0109 e. The second kappa shape index (κ2) is 9.58. The third-order valence-electron chi connectivity index (χ3n) is 2.96. The number of hydrogen-bond acceptors (Lipinski definition) is 3. The van der Waals surface area contributed by atoms with E-state index in [4.69, 9.17) is 0 Å². The van der Waals surface area contributed by atoms with Crippen LogP contribution in [0.5, 0.6) is 0 Å². The number of likely N-dealkylation sites (N-methyl/N-ethyl adjacent to an activating group) is 1. The van der Waals surface area contributed by atoms with Gasteiger partial charge in [0, 0.05) is 13.1 Å². The van der Waals surface area contributed by atoms with Crippen LogP contribution in [0, 0.1) is 0 Å². The Labute approximate surface area is 105 Å². The minimum atomic E-state index is 0. The van der Waals surface area contributed by atoms with Gasteiger partial charge in [0.1, 0.15) is 0 Å². The maximum absolute atomic E-state index is 3.18. The van der Waals surface area contributed by atoms with Gasteiger partial charge in [-0.2, -0.15) is 0 Å². The molecule has 1 rings (SSSR count). The summed E-state index contributed by atoms with van der Waals surface area (Å²) in [7, 11) is 4.25. The van der Waals surface area contributed by atoms with E-state index in [0.29, 0.717) is 0 Å². The van der Waals surface area contributed by atoms with E-state index >= 15 is 0 Å². The Morgan fingerprint density at radius 1 is 1.20 bits per heavy atom. The van der Waals surface area contributed by atoms with Crippen molar-refractivity contribution in [1.82, 2.24) is 15.1 Å². The Morgan fingerprint density at radius 3 is 2.47 bits per heavy atom. The van der Waals surface area contributed by atoms with Gasteiger partial charge >= 0.3 is 0 Å². The van der Waals surface area contributed by atoms with E-state index in [1.165, 1.54) is 52.0 Å². The summed E-state index contributed by atoms with van der Waals surface area (Å²) in [5.41, 5.74) is 0. The van der Waals surface area contributed by atoms with Crippen LogP contribution in [0.1, 0.15) is 19.3 Å². The molecule has 0 saturated carbocycles. The van der Waals surface area contributed by atoms with Gasteiger partial charge in [-0.1, -0.05) is 0 Å². The smallest absolute Gasteiger partial charge is 0.0109 e. The highest BCUT2D eigenvalue weighted by molar-refractivity contribution is 8.93. The van der Waals surface area contributed by atoms with Crippen LogP contribution in [-0.2, 0) is 0 Å². The van der Waals surface area contributed by atoms with Crippen molar-refractivity contribution in [3.05, 3.63) is 0 Å². The maximum atomic E-state index is 3.18. The molecule has 92 valence electrons. The number of nitrogens with one attached hydrogen (secondary N) is 1. The predicted molar refractivity (Wildman–Crippen MR) is 72.0 cm³/mol. The van der Waals surface area contributed by atoms with Gasteiger partial charge in [0.25, 0.3) is 0 Å². The molecule has 0 unspecified atom stereocenters. The van der Waals surface area contributed by atoms with Gasteiger partial charge in [0.2, 0.25) is 0 Å². The lowest BCUT2D eigenvalue weighted by Gasteiger charge is -2.21. The molecule has 3 nitrogen and oxygen atoms in total. The first-order chi connectivity index (χ1) is 6.83. The minimum absolute atomic E-state index is 0. The largest absolute Gasteiger partial charge is 0.320 e. The van der Waals surface area contributed by atoms with Gasteiger partial charge in [0.05, 0.1) is 0 Å². The quantitative estimate of drug-likeness (QED) is 0.707. The lowest BCUT2D eigenvalue weighted by molar-refractivity contribution is 0.255. The Hall–Kier alpha value is 0.360. The summed E-state index contributed by atoms with van der Waals surface area (Å²) in [5, 5.41) is 3.18. The van der Waals surface area contributed by atoms with E-state index in [0.717, 1.165) is 6.54 Å². The number of halogens is 1. The highest BCUT2D eigenvalue weighted by Crippen LogP contribution is 2.06. The Balaban J connectivity index is 0.00000196. The molecule has 1 aliphatic rings. The molecule has 0 aromatic rings. The molecule has 1 saturated heterocycles. The molecule has 0 spiro atoms. The monoisotopic (exact) mass is 279 g/mol. The predicted octanol–water partition coefficient (Wildman–Crippen LogP) is 1.20. The fourth-order valence-electron chi connectivity index (χ4n) is 1.96. The molecular formula is C11H26BrN3. The van der Waals surface area contributed by atoms with Crippen molar-refractivity contribution < 1.29 is 0 Å². The number of nitrogens with zero attached hydrogens (tertiary/aromatic N) is 2. The molecule has 1 aliphatic heterocycles. The lowest BCUT2D eigenvalue weighted by Crippen LogP contribution is -2.32. The van der Waals surface area contributed by atoms with Crippen molar-refractivity contribution in [2.24, 2.45) is 0 Å². The second-order valence-corrected chi connectivity index (χ2v) is 4.31. The summed E-state index contributed by atoms with van der Waals surface area (Å²) in [4.78, 5) is 5.02. The van der Waals surface area contributed by atoms with Crippen LogP contribution >= 0.6 is 17.0 Å². The first kappa shape index (κ1) is 15.4. The van der Waals surface area contributed by atoms with Gasteiger partial charge in [-0.15, -0.1) is 17.0 Å². The lowest BCUT2D eigenvalue weighted by atomic mass is 10.4. The summed E-state index contributed by atoms with van der Waals surface area (Å²) in [5.74, 6) is 0. The first-order valence-corrected chi connectivity index (χ1v) is 5.88. The summed E-state index contributed by atoms with van der Waals surface area (Å²) in [6, 6.07) is 0. The molecular weight excluding hydrogens is 254 g/mol. The zero-order valence-corrected chi connectivity index (χ0v) is 11.9. The van der Waals surface area contributed by atoms with Gasteiger partial charge in [-0.25, -0.2) is 0 Å². The molecule has 1 N–H and O–H groups in total. The average molecular weight is 280 g/mol. The van der Waals surface area contributed by atoms with Gasteiger partial charge < -0.3 is 15.1 Å². The SMILES string of the molecule is Br.CNCCCN(C)CCN1CCCC1. The molecule has 0 aromatic heterocycles.